The van der Waals surface area contributed by atoms with E-state index in [2.05, 4.69) is 5.32 Å². The van der Waals surface area contributed by atoms with Crippen molar-refractivity contribution in [1.29, 1.82) is 0 Å². The zero-order chi connectivity index (χ0) is 27.2. The van der Waals surface area contributed by atoms with Gasteiger partial charge in [-0.1, -0.05) is 66.3 Å². The van der Waals surface area contributed by atoms with Crippen molar-refractivity contribution in [3.63, 3.8) is 0 Å². The van der Waals surface area contributed by atoms with Gasteiger partial charge in [-0.15, -0.1) is 0 Å². The quantitative estimate of drug-likeness (QED) is 0.356. The molecule has 0 aliphatic carbocycles. The minimum Gasteiger partial charge on any atom is -0.352 e. The van der Waals surface area contributed by atoms with E-state index in [-0.39, 0.29) is 34.2 Å². The van der Waals surface area contributed by atoms with E-state index < -0.39 is 28.5 Å². The van der Waals surface area contributed by atoms with E-state index >= 15 is 0 Å². The van der Waals surface area contributed by atoms with Gasteiger partial charge in [0, 0.05) is 32.7 Å². The third-order valence-electron chi connectivity index (χ3n) is 5.56. The largest absolute Gasteiger partial charge is 0.352 e. The molecule has 0 saturated carbocycles. The summed E-state index contributed by atoms with van der Waals surface area (Å²) in [6, 6.07) is 8.10. The monoisotopic (exact) mass is 595 g/mol. The Hall–Kier alpha value is -1.71. The van der Waals surface area contributed by atoms with E-state index in [9.17, 15) is 18.0 Å². The molecule has 2 aromatic carbocycles. The number of hydrogen-bond donors (Lipinski definition) is 1. The van der Waals surface area contributed by atoms with Gasteiger partial charge < -0.3 is 10.2 Å². The van der Waals surface area contributed by atoms with Crippen LogP contribution in [0.25, 0.3) is 0 Å². The zero-order valence-electron chi connectivity index (χ0n) is 20.4. The van der Waals surface area contributed by atoms with Crippen LogP contribution in [0.1, 0.15) is 39.2 Å². The Kier molecular flexibility index (Phi) is 11.2. The topological polar surface area (TPSA) is 86.8 Å². The third-order valence-corrected chi connectivity index (χ3v) is 7.72. The second kappa shape index (κ2) is 13.2. The molecule has 0 aliphatic heterocycles. The maximum Gasteiger partial charge on any atom is 0.244 e. The van der Waals surface area contributed by atoms with E-state index in [4.69, 9.17) is 46.4 Å². The Labute approximate surface area is 232 Å². The fourth-order valence-electron chi connectivity index (χ4n) is 3.49. The van der Waals surface area contributed by atoms with Crippen LogP contribution in [-0.4, -0.2) is 50.0 Å². The number of carbonyl (C=O) groups is 2. The van der Waals surface area contributed by atoms with Gasteiger partial charge in [-0.05, 0) is 55.7 Å². The van der Waals surface area contributed by atoms with Crippen molar-refractivity contribution < 1.29 is 18.0 Å². The van der Waals surface area contributed by atoms with Crippen LogP contribution in [0, 0.1) is 0 Å². The summed E-state index contributed by atoms with van der Waals surface area (Å²) in [6.07, 6.45) is 1.97. The highest BCUT2D eigenvalue weighted by Gasteiger charge is 2.32. The Balaban J connectivity index is 2.51. The van der Waals surface area contributed by atoms with Gasteiger partial charge in [0.05, 0.1) is 11.9 Å². The van der Waals surface area contributed by atoms with E-state index in [1.165, 1.54) is 29.2 Å². The predicted molar refractivity (Wildman–Crippen MR) is 148 cm³/mol. The Morgan fingerprint density at radius 2 is 1.56 bits per heavy atom. The van der Waals surface area contributed by atoms with Crippen LogP contribution in [0.15, 0.2) is 36.4 Å². The Morgan fingerprint density at radius 3 is 2.06 bits per heavy atom. The third kappa shape index (κ3) is 8.42. The summed E-state index contributed by atoms with van der Waals surface area (Å²) in [4.78, 5) is 28.2. The lowest BCUT2D eigenvalue weighted by Crippen LogP contribution is -2.53. The number of nitrogens with one attached hydrogen (secondary N) is 1. The number of anilines is 1. The van der Waals surface area contributed by atoms with Gasteiger partial charge in [-0.2, -0.15) is 0 Å². The second-order valence-corrected chi connectivity index (χ2v) is 12.0. The molecule has 2 amide bonds. The van der Waals surface area contributed by atoms with Crippen molar-refractivity contribution in [3.8, 4) is 0 Å². The van der Waals surface area contributed by atoms with Crippen LogP contribution in [0.3, 0.4) is 0 Å². The van der Waals surface area contributed by atoms with Crippen LogP contribution >= 0.6 is 46.4 Å². The molecule has 0 saturated heterocycles. The van der Waals surface area contributed by atoms with E-state index in [0.717, 1.165) is 10.6 Å². The van der Waals surface area contributed by atoms with Crippen LogP contribution < -0.4 is 9.62 Å². The molecule has 2 rings (SSSR count). The summed E-state index contributed by atoms with van der Waals surface area (Å²) in [5, 5.41) is 4.06. The molecule has 2 aromatic rings. The van der Waals surface area contributed by atoms with Crippen LogP contribution in [0.4, 0.5) is 5.69 Å². The van der Waals surface area contributed by atoms with Crippen molar-refractivity contribution in [2.24, 2.45) is 0 Å². The van der Waals surface area contributed by atoms with E-state index in [1.807, 2.05) is 13.8 Å². The molecule has 0 spiro atoms. The highest BCUT2D eigenvalue weighted by atomic mass is 35.5. The summed E-state index contributed by atoms with van der Waals surface area (Å²) >= 11 is 24.5. The molecular weight excluding hydrogens is 568 g/mol. The fourth-order valence-corrected chi connectivity index (χ4v) is 5.31. The minimum atomic E-state index is -3.92. The number of rotatable bonds is 11. The lowest BCUT2D eigenvalue weighted by Gasteiger charge is -2.33. The summed E-state index contributed by atoms with van der Waals surface area (Å²) < 4.78 is 26.3. The molecule has 36 heavy (non-hydrogen) atoms. The first-order valence-corrected chi connectivity index (χ1v) is 14.6. The maximum atomic E-state index is 13.7. The van der Waals surface area contributed by atoms with Gasteiger partial charge in [0.25, 0.3) is 0 Å². The Bertz CT molecular complexity index is 1190. The number of sulfonamides is 1. The number of carbonyl (C=O) groups excluding carboxylic acids is 2. The zero-order valence-corrected chi connectivity index (χ0v) is 24.2. The first kappa shape index (κ1) is 30.5. The number of amides is 2. The molecule has 0 aliphatic rings. The van der Waals surface area contributed by atoms with Gasteiger partial charge >= 0.3 is 0 Å². The molecular formula is C24H29Cl4N3O4S. The van der Waals surface area contributed by atoms with Crippen LogP contribution in [0.2, 0.25) is 20.1 Å². The van der Waals surface area contributed by atoms with Crippen LogP contribution in [0.5, 0.6) is 0 Å². The smallest absolute Gasteiger partial charge is 0.244 e. The van der Waals surface area contributed by atoms with Crippen LogP contribution in [-0.2, 0) is 26.2 Å². The minimum absolute atomic E-state index is 0.0326. The van der Waals surface area contributed by atoms with Gasteiger partial charge in [-0.3, -0.25) is 13.9 Å². The van der Waals surface area contributed by atoms with Crippen molar-refractivity contribution in [1.82, 2.24) is 10.2 Å². The highest BCUT2D eigenvalue weighted by Crippen LogP contribution is 2.28. The van der Waals surface area contributed by atoms with Crippen molar-refractivity contribution in [2.45, 2.75) is 52.2 Å². The average Bonchev–Trinajstić information content (AvgIpc) is 2.76. The summed E-state index contributed by atoms with van der Waals surface area (Å²) in [6.45, 7) is 4.96. The standard InChI is InChI=1S/C24H29Cl4N3O4S/c1-5-15(3)29-24(33)22(6-2)30(13-16-7-8-17(25)12-21(16)28)23(32)14-31(36(4,34)35)20-10-18(26)9-19(27)11-20/h7-12,15,22H,5-6,13-14H2,1-4H3,(H,29,33)/t15-,22-/m1/s1. The predicted octanol–water partition coefficient (Wildman–Crippen LogP) is 5.79. The first-order valence-electron chi connectivity index (χ1n) is 11.2. The molecule has 0 bridgehead atoms. The average molecular weight is 597 g/mol. The molecule has 1 N–H and O–H groups in total. The molecule has 0 unspecified atom stereocenters. The molecule has 7 nitrogen and oxygen atoms in total. The molecule has 198 valence electrons. The highest BCUT2D eigenvalue weighted by molar-refractivity contribution is 7.92. The lowest BCUT2D eigenvalue weighted by atomic mass is 10.1. The number of hydrogen-bond acceptors (Lipinski definition) is 4. The Morgan fingerprint density at radius 1 is 0.944 bits per heavy atom. The number of benzene rings is 2. The number of nitrogens with zero attached hydrogens (tertiary/aromatic N) is 2. The van der Waals surface area contributed by atoms with Crippen molar-refractivity contribution in [2.75, 3.05) is 17.1 Å². The molecule has 0 heterocycles. The lowest BCUT2D eigenvalue weighted by molar-refractivity contribution is -0.140. The fraction of sp³-hybridized carbons (Fsp3) is 0.417. The van der Waals surface area contributed by atoms with E-state index in [0.29, 0.717) is 28.5 Å². The van der Waals surface area contributed by atoms with Crippen molar-refractivity contribution >= 4 is 73.9 Å². The normalized spacial score (nSPS) is 13.1. The SMILES string of the molecule is CC[C@@H](C)NC(=O)[C@@H](CC)N(Cc1ccc(Cl)cc1Cl)C(=O)CN(c1cc(Cl)cc(Cl)c1)S(C)(=O)=O. The van der Waals surface area contributed by atoms with Gasteiger partial charge in [0.15, 0.2) is 0 Å². The summed E-state index contributed by atoms with van der Waals surface area (Å²) in [5.74, 6) is -0.948. The molecule has 12 heteroatoms. The first-order chi connectivity index (χ1) is 16.8. The van der Waals surface area contributed by atoms with Gasteiger partial charge in [-0.25, -0.2) is 8.42 Å². The summed E-state index contributed by atoms with van der Waals surface area (Å²) in [7, 11) is -3.92. The van der Waals surface area contributed by atoms with E-state index in [1.54, 1.807) is 19.1 Å². The summed E-state index contributed by atoms with van der Waals surface area (Å²) in [5.41, 5.74) is 0.686. The van der Waals surface area contributed by atoms with Gasteiger partial charge in [0.2, 0.25) is 21.8 Å². The molecule has 0 radical (unpaired) electrons. The second-order valence-electron chi connectivity index (χ2n) is 8.40. The number of halogens is 4. The van der Waals surface area contributed by atoms with Gasteiger partial charge in [0.1, 0.15) is 12.6 Å². The maximum absolute atomic E-state index is 13.7. The molecule has 0 fully saturated rings. The van der Waals surface area contributed by atoms with Crippen molar-refractivity contribution in [3.05, 3.63) is 62.1 Å². The molecule has 2 atom stereocenters. The molecule has 0 aromatic heterocycles.